The van der Waals surface area contributed by atoms with Crippen LogP contribution in [0.15, 0.2) is 57.8 Å². The van der Waals surface area contributed by atoms with Gasteiger partial charge in [-0.1, -0.05) is 24.3 Å². The first-order valence-electron chi connectivity index (χ1n) is 6.15. The van der Waals surface area contributed by atoms with Gasteiger partial charge in [-0.25, -0.2) is 0 Å². The molecule has 0 bridgehead atoms. The topological polar surface area (TPSA) is 65.0 Å². The van der Waals surface area contributed by atoms with E-state index in [2.05, 4.69) is 4.40 Å². The van der Waals surface area contributed by atoms with E-state index in [-0.39, 0.29) is 4.90 Å². The molecule has 0 saturated carbocycles. The van der Waals surface area contributed by atoms with Gasteiger partial charge in [0.1, 0.15) is 0 Å². The maximum absolute atomic E-state index is 12.1. The Labute approximate surface area is 123 Å². The SMILES string of the molecule is COc1cccc(/C=N\S(=O)(=O)c2ccccc2)c1OC. The summed E-state index contributed by atoms with van der Waals surface area (Å²) in [7, 11) is -0.730. The lowest BCUT2D eigenvalue weighted by Gasteiger charge is -2.09. The van der Waals surface area contributed by atoms with Gasteiger partial charge in [-0.3, -0.25) is 0 Å². The van der Waals surface area contributed by atoms with Gasteiger partial charge < -0.3 is 9.47 Å². The highest BCUT2D eigenvalue weighted by molar-refractivity contribution is 7.90. The van der Waals surface area contributed by atoms with Crippen molar-refractivity contribution in [1.82, 2.24) is 0 Å². The van der Waals surface area contributed by atoms with Gasteiger partial charge in [0.15, 0.2) is 11.5 Å². The fraction of sp³-hybridized carbons (Fsp3) is 0.133. The van der Waals surface area contributed by atoms with E-state index in [0.717, 1.165) is 0 Å². The number of hydrogen-bond acceptors (Lipinski definition) is 4. The third kappa shape index (κ3) is 3.41. The molecule has 110 valence electrons. The minimum Gasteiger partial charge on any atom is -0.493 e. The summed E-state index contributed by atoms with van der Waals surface area (Å²) >= 11 is 0. The van der Waals surface area contributed by atoms with Crippen molar-refractivity contribution < 1.29 is 17.9 Å². The summed E-state index contributed by atoms with van der Waals surface area (Å²) in [6.07, 6.45) is 1.25. The highest BCUT2D eigenvalue weighted by Gasteiger charge is 2.12. The largest absolute Gasteiger partial charge is 0.493 e. The van der Waals surface area contributed by atoms with Crippen LogP contribution in [0.3, 0.4) is 0 Å². The highest BCUT2D eigenvalue weighted by atomic mass is 32.2. The maximum atomic E-state index is 12.1. The summed E-state index contributed by atoms with van der Waals surface area (Å²) < 4.78 is 38.3. The Balaban J connectivity index is 2.38. The van der Waals surface area contributed by atoms with Crippen molar-refractivity contribution in [3.05, 3.63) is 54.1 Å². The lowest BCUT2D eigenvalue weighted by Crippen LogP contribution is -1.99. The number of nitrogens with zero attached hydrogens (tertiary/aromatic N) is 1. The van der Waals surface area contributed by atoms with E-state index in [0.29, 0.717) is 17.1 Å². The van der Waals surface area contributed by atoms with E-state index in [9.17, 15) is 8.42 Å². The predicted molar refractivity (Wildman–Crippen MR) is 80.8 cm³/mol. The summed E-state index contributed by atoms with van der Waals surface area (Å²) in [5, 5.41) is 0. The van der Waals surface area contributed by atoms with Crippen LogP contribution in [0.2, 0.25) is 0 Å². The van der Waals surface area contributed by atoms with Gasteiger partial charge in [-0.2, -0.15) is 12.8 Å². The van der Waals surface area contributed by atoms with Crippen LogP contribution in [0, 0.1) is 0 Å². The van der Waals surface area contributed by atoms with Crippen LogP contribution in [0.1, 0.15) is 5.56 Å². The van der Waals surface area contributed by atoms with Crippen molar-refractivity contribution in [3.63, 3.8) is 0 Å². The van der Waals surface area contributed by atoms with Crippen LogP contribution in [0.25, 0.3) is 0 Å². The van der Waals surface area contributed by atoms with Crippen LogP contribution < -0.4 is 9.47 Å². The van der Waals surface area contributed by atoms with E-state index >= 15 is 0 Å². The fourth-order valence-electron chi connectivity index (χ4n) is 1.79. The van der Waals surface area contributed by atoms with Gasteiger partial charge in [-0.05, 0) is 24.3 Å². The van der Waals surface area contributed by atoms with Crippen LogP contribution >= 0.6 is 0 Å². The summed E-state index contributed by atoms with van der Waals surface area (Å²) in [5.41, 5.74) is 0.524. The van der Waals surface area contributed by atoms with E-state index in [1.165, 1.54) is 32.6 Å². The zero-order chi connectivity index (χ0) is 15.3. The molecule has 0 saturated heterocycles. The maximum Gasteiger partial charge on any atom is 0.282 e. The molecule has 5 nitrogen and oxygen atoms in total. The molecule has 2 aromatic carbocycles. The molecule has 0 radical (unpaired) electrons. The average Bonchev–Trinajstić information content (AvgIpc) is 2.53. The van der Waals surface area contributed by atoms with Gasteiger partial charge in [-0.15, -0.1) is 0 Å². The summed E-state index contributed by atoms with van der Waals surface area (Å²) in [5.74, 6) is 0.950. The molecule has 0 aliphatic carbocycles. The molecule has 0 amide bonds. The lowest BCUT2D eigenvalue weighted by atomic mass is 10.2. The second-order valence-electron chi connectivity index (χ2n) is 4.11. The second-order valence-corrected chi connectivity index (χ2v) is 5.74. The number of hydrogen-bond donors (Lipinski definition) is 0. The fourth-order valence-corrected chi connectivity index (χ4v) is 2.67. The minimum atomic E-state index is -3.73. The molecule has 0 spiro atoms. The molecular formula is C15H15NO4S. The molecule has 0 fully saturated rings. The molecule has 2 rings (SSSR count). The van der Waals surface area contributed by atoms with Gasteiger partial charge in [0.2, 0.25) is 0 Å². The Hall–Kier alpha value is -2.34. The van der Waals surface area contributed by atoms with Crippen molar-refractivity contribution in [2.24, 2.45) is 4.40 Å². The van der Waals surface area contributed by atoms with Gasteiger partial charge >= 0.3 is 0 Å². The molecule has 2 aromatic rings. The number of rotatable bonds is 5. The van der Waals surface area contributed by atoms with Crippen LogP contribution in [0.5, 0.6) is 11.5 Å². The Morgan fingerprint density at radius 2 is 1.67 bits per heavy atom. The molecule has 0 N–H and O–H groups in total. The second kappa shape index (κ2) is 6.41. The standard InChI is InChI=1S/C15H15NO4S/c1-19-14-10-6-7-12(15(14)20-2)11-16-21(17,18)13-8-4-3-5-9-13/h3-11H,1-2H3/b16-11-. The van der Waals surface area contributed by atoms with Crippen molar-refractivity contribution in [2.45, 2.75) is 4.90 Å². The van der Waals surface area contributed by atoms with Crippen LogP contribution in [-0.2, 0) is 10.0 Å². The zero-order valence-electron chi connectivity index (χ0n) is 11.7. The smallest absolute Gasteiger partial charge is 0.282 e. The predicted octanol–water partition coefficient (Wildman–Crippen LogP) is 2.51. The number of para-hydroxylation sites is 1. The van der Waals surface area contributed by atoms with E-state index < -0.39 is 10.0 Å². The quantitative estimate of drug-likeness (QED) is 0.796. The Morgan fingerprint density at radius 1 is 0.952 bits per heavy atom. The average molecular weight is 305 g/mol. The Morgan fingerprint density at radius 3 is 2.29 bits per heavy atom. The van der Waals surface area contributed by atoms with Gasteiger partial charge in [0, 0.05) is 5.56 Å². The van der Waals surface area contributed by atoms with E-state index in [1.54, 1.807) is 36.4 Å². The highest BCUT2D eigenvalue weighted by Crippen LogP contribution is 2.29. The first-order valence-corrected chi connectivity index (χ1v) is 7.59. The molecule has 0 aliphatic rings. The summed E-state index contributed by atoms with van der Waals surface area (Å²) in [6.45, 7) is 0. The Kier molecular flexibility index (Phi) is 4.59. The minimum absolute atomic E-state index is 0.142. The molecular weight excluding hydrogens is 290 g/mol. The van der Waals surface area contributed by atoms with Crippen LogP contribution in [0.4, 0.5) is 0 Å². The molecule has 0 aromatic heterocycles. The Bertz CT molecular complexity index is 740. The van der Waals surface area contributed by atoms with Crippen molar-refractivity contribution in [2.75, 3.05) is 14.2 Å². The molecule has 21 heavy (non-hydrogen) atoms. The van der Waals surface area contributed by atoms with Crippen molar-refractivity contribution in [3.8, 4) is 11.5 Å². The van der Waals surface area contributed by atoms with E-state index in [4.69, 9.17) is 9.47 Å². The lowest BCUT2D eigenvalue weighted by molar-refractivity contribution is 0.354. The van der Waals surface area contributed by atoms with Crippen molar-refractivity contribution in [1.29, 1.82) is 0 Å². The third-order valence-corrected chi connectivity index (χ3v) is 4.06. The number of methoxy groups -OCH3 is 2. The van der Waals surface area contributed by atoms with Gasteiger partial charge in [0.25, 0.3) is 10.0 Å². The van der Waals surface area contributed by atoms with Crippen LogP contribution in [-0.4, -0.2) is 28.9 Å². The molecule has 0 heterocycles. The van der Waals surface area contributed by atoms with Gasteiger partial charge in [0.05, 0.1) is 25.3 Å². The number of benzene rings is 2. The summed E-state index contributed by atoms with van der Waals surface area (Å²) in [6, 6.07) is 13.2. The van der Waals surface area contributed by atoms with Crippen molar-refractivity contribution >= 4 is 16.2 Å². The summed E-state index contributed by atoms with van der Waals surface area (Å²) in [4.78, 5) is 0.142. The number of ether oxygens (including phenoxy) is 2. The monoisotopic (exact) mass is 305 g/mol. The first kappa shape index (κ1) is 15.1. The zero-order valence-corrected chi connectivity index (χ0v) is 12.5. The molecule has 6 heteroatoms. The number of sulfonamides is 1. The normalized spacial score (nSPS) is 11.5. The van der Waals surface area contributed by atoms with E-state index in [1.807, 2.05) is 0 Å². The molecule has 0 unspecified atom stereocenters. The third-order valence-electron chi connectivity index (χ3n) is 2.81. The molecule has 0 aliphatic heterocycles. The molecule has 0 atom stereocenters. The first-order chi connectivity index (χ1) is 10.1.